The van der Waals surface area contributed by atoms with Crippen molar-refractivity contribution in [3.8, 4) is 0 Å². The summed E-state index contributed by atoms with van der Waals surface area (Å²) in [5.74, 6) is -1.12. The standard InChI is InChI=1S/C31H35N5O4/c1-3-16-36-28-15-14-24(35-18-9-13-29(35)38)19-26(28)31(40,30(36)39)22(2)10-7-8-17-34-20-27(32-33-34)25(21-37)23-11-5-4-6-12-23/h3-7,10-12,14-15,19-20,22,25,37,40H,1,8-9,13,16-18,21H2,2H3/b10-7+/t22-,25?,31+/m1/s1. The van der Waals surface area contributed by atoms with Crippen molar-refractivity contribution in [2.24, 2.45) is 5.92 Å². The van der Waals surface area contributed by atoms with Gasteiger partial charge in [-0.3, -0.25) is 14.3 Å². The first-order valence-electron chi connectivity index (χ1n) is 13.7. The third-order valence-corrected chi connectivity index (χ3v) is 7.86. The van der Waals surface area contributed by atoms with Gasteiger partial charge in [0.05, 0.1) is 23.9 Å². The third-order valence-electron chi connectivity index (χ3n) is 7.86. The van der Waals surface area contributed by atoms with Gasteiger partial charge in [-0.2, -0.15) is 0 Å². The lowest BCUT2D eigenvalue weighted by atomic mass is 9.82. The van der Waals surface area contributed by atoms with Crippen molar-refractivity contribution in [2.45, 2.75) is 44.2 Å². The van der Waals surface area contributed by atoms with E-state index in [1.807, 2.05) is 67.7 Å². The van der Waals surface area contributed by atoms with Crippen molar-refractivity contribution in [2.75, 3.05) is 29.5 Å². The van der Waals surface area contributed by atoms with Crippen LogP contribution < -0.4 is 9.80 Å². The molecule has 208 valence electrons. The molecule has 0 radical (unpaired) electrons. The summed E-state index contributed by atoms with van der Waals surface area (Å²) >= 11 is 0. The second-order valence-corrected chi connectivity index (χ2v) is 10.4. The van der Waals surface area contributed by atoms with E-state index in [1.165, 1.54) is 0 Å². The smallest absolute Gasteiger partial charge is 0.264 e. The molecule has 1 aromatic heterocycles. The lowest BCUT2D eigenvalue weighted by Gasteiger charge is -2.28. The summed E-state index contributed by atoms with van der Waals surface area (Å²) in [6.07, 6.45) is 9.16. The zero-order chi connectivity index (χ0) is 28.3. The molecule has 1 saturated heterocycles. The van der Waals surface area contributed by atoms with E-state index in [2.05, 4.69) is 16.9 Å². The molecule has 2 aliphatic rings. The number of aliphatic hydroxyl groups is 2. The molecule has 40 heavy (non-hydrogen) atoms. The van der Waals surface area contributed by atoms with Gasteiger partial charge in [-0.15, -0.1) is 11.7 Å². The molecule has 5 rings (SSSR count). The molecule has 0 bridgehead atoms. The van der Waals surface area contributed by atoms with E-state index in [0.717, 1.165) is 12.0 Å². The molecule has 9 heteroatoms. The summed E-state index contributed by atoms with van der Waals surface area (Å²) in [5, 5.41) is 30.3. The minimum Gasteiger partial charge on any atom is -0.395 e. The molecule has 2 amide bonds. The Bertz CT molecular complexity index is 1420. The van der Waals surface area contributed by atoms with E-state index in [4.69, 9.17) is 0 Å². The predicted molar refractivity (Wildman–Crippen MR) is 153 cm³/mol. The number of benzene rings is 2. The van der Waals surface area contributed by atoms with Crippen LogP contribution in [0.15, 0.2) is 79.5 Å². The van der Waals surface area contributed by atoms with Crippen LogP contribution in [0.4, 0.5) is 11.4 Å². The molecule has 0 saturated carbocycles. The van der Waals surface area contributed by atoms with Crippen LogP contribution in [0.3, 0.4) is 0 Å². The molecular formula is C31H35N5O4. The van der Waals surface area contributed by atoms with E-state index in [1.54, 1.807) is 26.6 Å². The van der Waals surface area contributed by atoms with Crippen LogP contribution >= 0.6 is 0 Å². The Hall–Kier alpha value is -4.08. The number of nitrogens with zero attached hydrogens (tertiary/aromatic N) is 5. The van der Waals surface area contributed by atoms with Gasteiger partial charge in [0.25, 0.3) is 5.91 Å². The van der Waals surface area contributed by atoms with Crippen molar-refractivity contribution < 1.29 is 19.8 Å². The number of carbonyl (C=O) groups excluding carboxylic acids is 2. The molecule has 3 aromatic rings. The number of hydrogen-bond donors (Lipinski definition) is 2. The zero-order valence-corrected chi connectivity index (χ0v) is 22.7. The highest BCUT2D eigenvalue weighted by molar-refractivity contribution is 6.08. The van der Waals surface area contributed by atoms with E-state index in [-0.39, 0.29) is 25.0 Å². The van der Waals surface area contributed by atoms with E-state index < -0.39 is 17.4 Å². The summed E-state index contributed by atoms with van der Waals surface area (Å²) in [5.41, 5.74) is 1.74. The van der Waals surface area contributed by atoms with Crippen LogP contribution in [0, 0.1) is 5.92 Å². The molecule has 3 atom stereocenters. The number of allylic oxidation sites excluding steroid dienone is 1. The summed E-state index contributed by atoms with van der Waals surface area (Å²) in [6.45, 7) is 6.98. The minimum absolute atomic E-state index is 0.0500. The number of aromatic nitrogens is 3. The number of rotatable bonds is 11. The Labute approximate surface area is 234 Å². The Kier molecular flexibility index (Phi) is 7.95. The van der Waals surface area contributed by atoms with Gasteiger partial charge in [0.2, 0.25) is 5.91 Å². The molecule has 2 N–H and O–H groups in total. The van der Waals surface area contributed by atoms with Gasteiger partial charge < -0.3 is 20.0 Å². The number of amides is 2. The van der Waals surface area contributed by atoms with Crippen molar-refractivity contribution >= 4 is 23.2 Å². The van der Waals surface area contributed by atoms with Crippen molar-refractivity contribution in [1.82, 2.24) is 15.0 Å². The molecule has 1 unspecified atom stereocenters. The zero-order valence-electron chi connectivity index (χ0n) is 22.7. The van der Waals surface area contributed by atoms with Gasteiger partial charge in [-0.25, -0.2) is 0 Å². The quantitative estimate of drug-likeness (QED) is 0.359. The van der Waals surface area contributed by atoms with Crippen molar-refractivity contribution in [3.63, 3.8) is 0 Å². The van der Waals surface area contributed by atoms with Crippen LogP contribution in [-0.2, 0) is 21.7 Å². The SMILES string of the molecule is C=CCN1C(=O)[C@](O)([C@H](C)/C=C/CCn2cc(C(CO)c3ccccc3)nn2)c2cc(N3CCCC3=O)ccc21. The van der Waals surface area contributed by atoms with Gasteiger partial charge >= 0.3 is 0 Å². The fourth-order valence-corrected chi connectivity index (χ4v) is 5.62. The Balaban J connectivity index is 1.31. The van der Waals surface area contributed by atoms with Gasteiger partial charge in [0.15, 0.2) is 5.60 Å². The summed E-state index contributed by atoms with van der Waals surface area (Å²) in [4.78, 5) is 29.2. The van der Waals surface area contributed by atoms with Crippen LogP contribution in [0.25, 0.3) is 0 Å². The summed E-state index contributed by atoms with van der Waals surface area (Å²) < 4.78 is 1.73. The Morgan fingerprint density at radius 3 is 2.67 bits per heavy atom. The Morgan fingerprint density at radius 1 is 1.18 bits per heavy atom. The van der Waals surface area contributed by atoms with E-state index >= 15 is 0 Å². The van der Waals surface area contributed by atoms with Gasteiger partial charge in [-0.1, -0.05) is 60.7 Å². The topological polar surface area (TPSA) is 112 Å². The maximum absolute atomic E-state index is 13.5. The normalized spacial score (nSPS) is 20.4. The number of carbonyl (C=O) groups is 2. The van der Waals surface area contributed by atoms with Crippen LogP contribution in [0.2, 0.25) is 0 Å². The predicted octanol–water partition coefficient (Wildman–Crippen LogP) is 3.53. The molecule has 1 fully saturated rings. The molecule has 0 spiro atoms. The highest BCUT2D eigenvalue weighted by atomic mass is 16.3. The van der Waals surface area contributed by atoms with Crippen LogP contribution in [-0.4, -0.2) is 56.7 Å². The number of hydrogen-bond acceptors (Lipinski definition) is 6. The fourth-order valence-electron chi connectivity index (χ4n) is 5.62. The largest absolute Gasteiger partial charge is 0.395 e. The number of anilines is 2. The molecule has 2 aliphatic heterocycles. The highest BCUT2D eigenvalue weighted by Crippen LogP contribution is 2.46. The van der Waals surface area contributed by atoms with Gasteiger partial charge in [0, 0.05) is 49.4 Å². The van der Waals surface area contributed by atoms with Gasteiger partial charge in [-0.05, 0) is 36.6 Å². The molecule has 2 aromatic carbocycles. The summed E-state index contributed by atoms with van der Waals surface area (Å²) in [7, 11) is 0. The summed E-state index contributed by atoms with van der Waals surface area (Å²) in [6, 6.07) is 15.1. The number of aryl methyl sites for hydroxylation is 1. The van der Waals surface area contributed by atoms with Crippen molar-refractivity contribution in [3.05, 3.63) is 96.4 Å². The number of fused-ring (bicyclic) bond motifs is 1. The monoisotopic (exact) mass is 541 g/mol. The second kappa shape index (κ2) is 11.6. The first kappa shape index (κ1) is 27.5. The van der Waals surface area contributed by atoms with E-state index in [0.29, 0.717) is 48.6 Å². The van der Waals surface area contributed by atoms with Gasteiger partial charge in [0.1, 0.15) is 0 Å². The first-order valence-corrected chi connectivity index (χ1v) is 13.7. The first-order chi connectivity index (χ1) is 19.4. The lowest BCUT2D eigenvalue weighted by molar-refractivity contribution is -0.139. The highest BCUT2D eigenvalue weighted by Gasteiger charge is 2.52. The van der Waals surface area contributed by atoms with E-state index in [9.17, 15) is 19.8 Å². The Morgan fingerprint density at radius 2 is 1.98 bits per heavy atom. The van der Waals surface area contributed by atoms with Crippen molar-refractivity contribution in [1.29, 1.82) is 0 Å². The molecule has 0 aliphatic carbocycles. The average molecular weight is 542 g/mol. The minimum atomic E-state index is -1.77. The maximum Gasteiger partial charge on any atom is 0.264 e. The molecule has 3 heterocycles. The second-order valence-electron chi connectivity index (χ2n) is 10.4. The maximum atomic E-state index is 13.5. The number of aliphatic hydroxyl groups excluding tert-OH is 1. The van der Waals surface area contributed by atoms with Crippen LogP contribution in [0.1, 0.15) is 48.9 Å². The molecular weight excluding hydrogens is 506 g/mol. The lowest BCUT2D eigenvalue weighted by Crippen LogP contribution is -2.44. The fraction of sp³-hybridized carbons (Fsp3) is 0.355. The molecule has 9 nitrogen and oxygen atoms in total. The van der Waals surface area contributed by atoms with Crippen LogP contribution in [0.5, 0.6) is 0 Å². The average Bonchev–Trinajstić information content (AvgIpc) is 3.67. The third kappa shape index (κ3) is 4.98.